The first-order valence-corrected chi connectivity index (χ1v) is 5.35. The van der Waals surface area contributed by atoms with Crippen molar-refractivity contribution in [2.24, 2.45) is 0 Å². The van der Waals surface area contributed by atoms with Gasteiger partial charge >= 0.3 is 0 Å². The molecule has 1 aromatic carbocycles. The smallest absolute Gasteiger partial charge is 0.251 e. The minimum absolute atomic E-state index is 0.141. The van der Waals surface area contributed by atoms with Crippen LogP contribution in [-0.2, 0) is 4.74 Å². The number of rotatable bonds is 4. The second-order valence-electron chi connectivity index (χ2n) is 3.66. The highest BCUT2D eigenvalue weighted by atomic mass is 16.5. The van der Waals surface area contributed by atoms with Crippen molar-refractivity contribution in [3.05, 3.63) is 29.7 Å². The van der Waals surface area contributed by atoms with E-state index in [1.54, 1.807) is 32.2 Å². The van der Waals surface area contributed by atoms with Gasteiger partial charge in [0.25, 0.3) is 5.91 Å². The zero-order chi connectivity index (χ0) is 12.3. The Morgan fingerprint density at radius 3 is 3.12 bits per heavy atom. The van der Waals surface area contributed by atoms with Crippen molar-refractivity contribution in [2.75, 3.05) is 20.3 Å². The fourth-order valence-electron chi connectivity index (χ4n) is 1.55. The highest BCUT2D eigenvalue weighted by Crippen LogP contribution is 2.16. The molecule has 17 heavy (non-hydrogen) atoms. The van der Waals surface area contributed by atoms with E-state index in [0.717, 1.165) is 5.52 Å². The summed E-state index contributed by atoms with van der Waals surface area (Å²) in [7, 11) is 1.59. The Balaban J connectivity index is 2.15. The van der Waals surface area contributed by atoms with Crippen molar-refractivity contribution in [1.29, 1.82) is 0 Å². The van der Waals surface area contributed by atoms with E-state index in [1.165, 1.54) is 0 Å². The number of nitrogens with zero attached hydrogens (tertiary/aromatic N) is 1. The van der Waals surface area contributed by atoms with Crippen LogP contribution in [0.1, 0.15) is 16.2 Å². The molecule has 0 saturated carbocycles. The van der Waals surface area contributed by atoms with Crippen LogP contribution in [0, 0.1) is 6.92 Å². The fourth-order valence-corrected chi connectivity index (χ4v) is 1.55. The summed E-state index contributed by atoms with van der Waals surface area (Å²) in [5.41, 5.74) is 1.95. The molecule has 0 bridgehead atoms. The summed E-state index contributed by atoms with van der Waals surface area (Å²) in [6.07, 6.45) is 0. The number of ether oxygens (including phenoxy) is 1. The molecule has 5 nitrogen and oxygen atoms in total. The van der Waals surface area contributed by atoms with Crippen LogP contribution in [-0.4, -0.2) is 31.2 Å². The Kier molecular flexibility index (Phi) is 3.39. The summed E-state index contributed by atoms with van der Waals surface area (Å²) >= 11 is 0. The zero-order valence-corrected chi connectivity index (χ0v) is 9.82. The molecular formula is C12H14N2O3. The summed E-state index contributed by atoms with van der Waals surface area (Å²) in [5.74, 6) is 0.454. The third kappa shape index (κ3) is 2.62. The first-order chi connectivity index (χ1) is 8.20. The molecule has 0 aliphatic heterocycles. The van der Waals surface area contributed by atoms with Crippen molar-refractivity contribution in [1.82, 2.24) is 10.3 Å². The van der Waals surface area contributed by atoms with Crippen molar-refractivity contribution in [3.63, 3.8) is 0 Å². The average molecular weight is 234 g/mol. The molecule has 1 aromatic heterocycles. The van der Waals surface area contributed by atoms with Crippen molar-refractivity contribution in [3.8, 4) is 0 Å². The van der Waals surface area contributed by atoms with E-state index in [4.69, 9.17) is 9.15 Å². The summed E-state index contributed by atoms with van der Waals surface area (Å²) in [6, 6.07) is 5.20. The summed E-state index contributed by atoms with van der Waals surface area (Å²) in [6.45, 7) is 2.76. The molecular weight excluding hydrogens is 220 g/mol. The molecule has 0 saturated heterocycles. The molecule has 1 amide bonds. The highest BCUT2D eigenvalue weighted by Gasteiger charge is 2.08. The maximum atomic E-state index is 11.7. The van der Waals surface area contributed by atoms with Crippen LogP contribution < -0.4 is 5.32 Å². The average Bonchev–Trinajstić information content (AvgIpc) is 2.68. The standard InChI is InChI=1S/C12H14N2O3/c1-8-14-10-4-3-9(7-11(10)17-8)12(15)13-5-6-16-2/h3-4,7H,5-6H2,1-2H3,(H,13,15). The van der Waals surface area contributed by atoms with E-state index in [-0.39, 0.29) is 5.91 Å². The normalized spacial score (nSPS) is 10.7. The topological polar surface area (TPSA) is 64.4 Å². The second-order valence-corrected chi connectivity index (χ2v) is 3.66. The third-order valence-electron chi connectivity index (χ3n) is 2.35. The number of fused-ring (bicyclic) bond motifs is 1. The summed E-state index contributed by atoms with van der Waals surface area (Å²) in [5, 5.41) is 2.75. The van der Waals surface area contributed by atoms with Crippen LogP contribution in [0.15, 0.2) is 22.6 Å². The van der Waals surface area contributed by atoms with Crippen LogP contribution in [0.25, 0.3) is 11.1 Å². The number of amides is 1. The Morgan fingerprint density at radius 1 is 1.53 bits per heavy atom. The van der Waals surface area contributed by atoms with E-state index < -0.39 is 0 Å². The lowest BCUT2D eigenvalue weighted by molar-refractivity contribution is 0.0937. The molecule has 2 rings (SSSR count). The third-order valence-corrected chi connectivity index (χ3v) is 2.35. The van der Waals surface area contributed by atoms with Gasteiger partial charge in [-0.15, -0.1) is 0 Å². The molecule has 5 heteroatoms. The second kappa shape index (κ2) is 4.97. The minimum atomic E-state index is -0.141. The van der Waals surface area contributed by atoms with E-state index in [0.29, 0.717) is 30.2 Å². The van der Waals surface area contributed by atoms with E-state index in [9.17, 15) is 4.79 Å². The molecule has 0 radical (unpaired) electrons. The lowest BCUT2D eigenvalue weighted by Crippen LogP contribution is -2.26. The lowest BCUT2D eigenvalue weighted by atomic mass is 10.2. The molecule has 2 aromatic rings. The van der Waals surface area contributed by atoms with Gasteiger partial charge in [-0.1, -0.05) is 0 Å². The van der Waals surface area contributed by atoms with Crippen molar-refractivity contribution < 1.29 is 13.9 Å². The van der Waals surface area contributed by atoms with Gasteiger partial charge in [0.2, 0.25) is 0 Å². The van der Waals surface area contributed by atoms with Crippen LogP contribution in [0.2, 0.25) is 0 Å². The Morgan fingerprint density at radius 2 is 2.35 bits per heavy atom. The number of hydrogen-bond acceptors (Lipinski definition) is 4. The number of nitrogens with one attached hydrogen (secondary N) is 1. The van der Waals surface area contributed by atoms with Crippen molar-refractivity contribution >= 4 is 17.0 Å². The van der Waals surface area contributed by atoms with Gasteiger partial charge in [-0.05, 0) is 18.2 Å². The van der Waals surface area contributed by atoms with Crippen LogP contribution in [0.4, 0.5) is 0 Å². The van der Waals surface area contributed by atoms with Gasteiger partial charge in [-0.3, -0.25) is 4.79 Å². The molecule has 1 heterocycles. The molecule has 0 aliphatic carbocycles. The molecule has 0 atom stereocenters. The number of hydrogen-bond donors (Lipinski definition) is 1. The number of carbonyl (C=O) groups excluding carboxylic acids is 1. The van der Waals surface area contributed by atoms with Gasteiger partial charge in [0.1, 0.15) is 5.52 Å². The highest BCUT2D eigenvalue weighted by molar-refractivity contribution is 5.96. The van der Waals surface area contributed by atoms with Crippen LogP contribution in [0.3, 0.4) is 0 Å². The van der Waals surface area contributed by atoms with Gasteiger partial charge in [0.15, 0.2) is 11.5 Å². The Hall–Kier alpha value is -1.88. The maximum Gasteiger partial charge on any atom is 0.251 e. The lowest BCUT2D eigenvalue weighted by Gasteiger charge is -2.03. The number of benzene rings is 1. The predicted molar refractivity (Wildman–Crippen MR) is 63.0 cm³/mol. The summed E-state index contributed by atoms with van der Waals surface area (Å²) < 4.78 is 10.2. The van der Waals surface area contributed by atoms with Gasteiger partial charge in [-0.2, -0.15) is 0 Å². The molecule has 0 unspecified atom stereocenters. The number of methoxy groups -OCH3 is 1. The predicted octanol–water partition coefficient (Wildman–Crippen LogP) is 1.51. The summed E-state index contributed by atoms with van der Waals surface area (Å²) in [4.78, 5) is 15.9. The van der Waals surface area contributed by atoms with Gasteiger partial charge in [0.05, 0.1) is 6.61 Å². The Bertz CT molecular complexity index is 534. The van der Waals surface area contributed by atoms with Gasteiger partial charge in [0, 0.05) is 26.1 Å². The van der Waals surface area contributed by atoms with Crippen molar-refractivity contribution in [2.45, 2.75) is 6.92 Å². The molecule has 0 aliphatic rings. The molecule has 90 valence electrons. The first-order valence-electron chi connectivity index (χ1n) is 5.35. The fraction of sp³-hybridized carbons (Fsp3) is 0.333. The molecule has 0 fully saturated rings. The first kappa shape index (κ1) is 11.6. The van der Waals surface area contributed by atoms with E-state index in [1.807, 2.05) is 0 Å². The van der Waals surface area contributed by atoms with Crippen LogP contribution in [0.5, 0.6) is 0 Å². The monoisotopic (exact) mass is 234 g/mol. The zero-order valence-electron chi connectivity index (χ0n) is 9.82. The number of aryl methyl sites for hydroxylation is 1. The van der Waals surface area contributed by atoms with Gasteiger partial charge in [-0.25, -0.2) is 4.98 Å². The maximum absolute atomic E-state index is 11.7. The number of oxazole rings is 1. The number of carbonyl (C=O) groups is 1. The Labute approximate surface area is 98.8 Å². The number of aromatic nitrogens is 1. The largest absolute Gasteiger partial charge is 0.441 e. The minimum Gasteiger partial charge on any atom is -0.441 e. The van der Waals surface area contributed by atoms with E-state index in [2.05, 4.69) is 10.3 Å². The van der Waals surface area contributed by atoms with Gasteiger partial charge < -0.3 is 14.5 Å². The molecule has 1 N–H and O–H groups in total. The van der Waals surface area contributed by atoms with Crippen LogP contribution >= 0.6 is 0 Å². The quantitative estimate of drug-likeness (QED) is 0.814. The van der Waals surface area contributed by atoms with E-state index >= 15 is 0 Å². The molecule has 0 spiro atoms. The SMILES string of the molecule is COCCNC(=O)c1ccc2nc(C)oc2c1.